The van der Waals surface area contributed by atoms with Gasteiger partial charge < -0.3 is 15.2 Å². The van der Waals surface area contributed by atoms with Gasteiger partial charge in [0.15, 0.2) is 6.04 Å². The first kappa shape index (κ1) is 36.1. The van der Waals surface area contributed by atoms with Crippen molar-refractivity contribution in [2.75, 3.05) is 6.54 Å². The molecule has 0 aliphatic carbocycles. The van der Waals surface area contributed by atoms with Gasteiger partial charge in [-0.3, -0.25) is 9.89 Å². The number of hydrogen-bond donors (Lipinski definition) is 1. The number of fused-ring (bicyclic) bond motifs is 1. The number of nitrogens with zero attached hydrogens (tertiary/aromatic N) is 3. The molecular formula is C37H31Cl3N3NiO3S-. The van der Waals surface area contributed by atoms with Crippen molar-refractivity contribution in [1.82, 2.24) is 4.90 Å². The zero-order valence-electron chi connectivity index (χ0n) is 25.8. The van der Waals surface area contributed by atoms with E-state index in [1.54, 1.807) is 35.6 Å². The molecule has 0 unspecified atom stereocenters. The molecule has 6 nitrogen and oxygen atoms in total. The van der Waals surface area contributed by atoms with Crippen molar-refractivity contribution >= 4 is 79.5 Å². The summed E-state index contributed by atoms with van der Waals surface area (Å²) in [6, 6.07) is 26.7. The van der Waals surface area contributed by atoms with E-state index in [0.29, 0.717) is 50.6 Å². The van der Waals surface area contributed by atoms with Crippen LogP contribution in [-0.2, 0) is 39.0 Å². The van der Waals surface area contributed by atoms with E-state index in [1.807, 2.05) is 79.0 Å². The predicted molar refractivity (Wildman–Crippen MR) is 193 cm³/mol. The number of aliphatic imine (C=N–C) groups is 1. The maximum absolute atomic E-state index is 14.1. The molecule has 1 aliphatic rings. The Bertz CT molecular complexity index is 1990. The molecule has 0 radical (unpaired) electrons. The summed E-state index contributed by atoms with van der Waals surface area (Å²) in [5.41, 5.74) is 2.94. The quantitative estimate of drug-likeness (QED) is 0.113. The summed E-state index contributed by atoms with van der Waals surface area (Å²) in [6.07, 6.45) is 1.67. The Hall–Kier alpha value is -3.23. The smallest absolute Gasteiger partial charge is 0.328 e. The van der Waals surface area contributed by atoms with Crippen molar-refractivity contribution in [3.05, 3.63) is 139 Å². The third-order valence-corrected chi connectivity index (χ3v) is 10.6. The Kier molecular flexibility index (Phi) is 11.7. The molecule has 250 valence electrons. The first-order valence-electron chi connectivity index (χ1n) is 15.2. The molecule has 48 heavy (non-hydrogen) atoms. The summed E-state index contributed by atoms with van der Waals surface area (Å²) in [5.74, 6) is -1.35. The molecule has 11 heteroatoms. The van der Waals surface area contributed by atoms with Gasteiger partial charge in [-0.1, -0.05) is 95.5 Å². The number of carbonyl (C=O) groups excluding carboxylic acids is 1. The fourth-order valence-electron chi connectivity index (χ4n) is 6.04. The number of likely N-dealkylation sites (tertiary alicyclic amines) is 1. The molecule has 0 bridgehead atoms. The maximum Gasteiger partial charge on any atom is 0.328 e. The number of carboxylic acids is 1. The molecule has 1 amide bonds. The van der Waals surface area contributed by atoms with Crippen LogP contribution in [0.5, 0.6) is 0 Å². The first-order valence-corrected chi connectivity index (χ1v) is 17.2. The minimum Gasteiger partial charge on any atom is -0.625 e. The van der Waals surface area contributed by atoms with Crippen LogP contribution in [0.15, 0.2) is 101 Å². The van der Waals surface area contributed by atoms with Crippen molar-refractivity contribution in [2.24, 2.45) is 4.99 Å². The van der Waals surface area contributed by atoms with E-state index < -0.39 is 17.6 Å². The summed E-state index contributed by atoms with van der Waals surface area (Å²) >= 11 is 20.5. The minimum absolute atomic E-state index is 0. The number of benzene rings is 4. The molecule has 4 aromatic carbocycles. The Balaban J connectivity index is 0.00000451. The fourth-order valence-corrected chi connectivity index (χ4v) is 7.51. The van der Waals surface area contributed by atoms with Gasteiger partial charge >= 0.3 is 5.97 Å². The third kappa shape index (κ3) is 7.81. The molecular weight excluding hydrogens is 732 g/mol. The Morgan fingerprint density at radius 2 is 1.73 bits per heavy atom. The number of carboxylic acid groups (broad SMARTS) is 1. The zero-order chi connectivity index (χ0) is 33.1. The van der Waals surface area contributed by atoms with Crippen molar-refractivity contribution in [1.29, 1.82) is 0 Å². The maximum atomic E-state index is 14.1. The molecule has 6 rings (SSSR count). The first-order chi connectivity index (χ1) is 22.6. The molecule has 5 aromatic rings. The molecule has 1 aliphatic heterocycles. The molecule has 0 saturated carbocycles. The van der Waals surface area contributed by atoms with Crippen LogP contribution in [0.25, 0.3) is 15.4 Å². The largest absolute Gasteiger partial charge is 0.625 e. The van der Waals surface area contributed by atoms with Gasteiger partial charge in [0.1, 0.15) is 0 Å². The minimum atomic E-state index is -1.10. The molecule has 0 spiro atoms. The average molecular weight is 763 g/mol. The number of halogens is 3. The molecule has 2 heterocycles. The topological polar surface area (TPSA) is 84.1 Å². The molecule has 1 aromatic heterocycles. The van der Waals surface area contributed by atoms with Gasteiger partial charge in [-0.15, -0.1) is 17.0 Å². The fraction of sp³-hybridized carbons (Fsp3) is 0.216. The monoisotopic (exact) mass is 760 g/mol. The van der Waals surface area contributed by atoms with Gasteiger partial charge in [-0.2, -0.15) is 0 Å². The van der Waals surface area contributed by atoms with Gasteiger partial charge in [0.25, 0.3) is 0 Å². The molecule has 1 saturated heterocycles. The summed E-state index contributed by atoms with van der Waals surface area (Å²) in [5, 5.41) is 19.4. The van der Waals surface area contributed by atoms with Crippen LogP contribution in [0.4, 0.5) is 5.69 Å². The second kappa shape index (κ2) is 15.5. The van der Waals surface area contributed by atoms with Crippen LogP contribution in [0.2, 0.25) is 15.1 Å². The summed E-state index contributed by atoms with van der Waals surface area (Å²) in [6.45, 7) is 3.15. The Morgan fingerprint density at radius 1 is 0.979 bits per heavy atom. The van der Waals surface area contributed by atoms with Crippen LogP contribution in [0.1, 0.15) is 42.0 Å². The molecule has 1 N–H and O–H groups in total. The van der Waals surface area contributed by atoms with Crippen LogP contribution >= 0.6 is 46.1 Å². The van der Waals surface area contributed by atoms with Crippen molar-refractivity contribution in [3.63, 3.8) is 0 Å². The van der Waals surface area contributed by atoms with E-state index in [0.717, 1.165) is 34.2 Å². The second-order valence-electron chi connectivity index (χ2n) is 11.8. The van der Waals surface area contributed by atoms with Gasteiger partial charge in [-0.25, -0.2) is 4.79 Å². The van der Waals surface area contributed by atoms with E-state index in [1.165, 1.54) is 0 Å². The number of amides is 1. The van der Waals surface area contributed by atoms with Gasteiger partial charge in [0.2, 0.25) is 0 Å². The third-order valence-electron chi connectivity index (χ3n) is 8.64. The standard InChI is InChI=1S/C37H32Cl3N3O3S.Ni/c1-37(16-7-17-43(37)21-23-12-14-29(39)30(40)18-23)36(46)42-31-15-13-26(38)20-28(31)34(24-8-3-2-4-9-24)41-32(35(44)45)19-25-22-47-33-11-6-5-10-27(25)33;/h2-6,8-15,18,20,22,32H,7,16-17,19,21H2,1H3,(H2,41,42,44,45,46);/p-1/t32-,37+;/m1./s1. The van der Waals surface area contributed by atoms with E-state index in [9.17, 15) is 14.7 Å². The molecule has 2 atom stereocenters. The van der Waals surface area contributed by atoms with E-state index in [-0.39, 0.29) is 28.8 Å². The number of carbonyl (C=O) groups is 2. The zero-order valence-corrected chi connectivity index (χ0v) is 29.9. The second-order valence-corrected chi connectivity index (χ2v) is 13.9. The average Bonchev–Trinajstić information content (AvgIpc) is 3.65. The molecule has 1 fully saturated rings. The van der Waals surface area contributed by atoms with Crippen molar-refractivity contribution < 1.29 is 31.2 Å². The van der Waals surface area contributed by atoms with Gasteiger partial charge in [-0.05, 0) is 84.1 Å². The van der Waals surface area contributed by atoms with Gasteiger partial charge in [0.05, 0.1) is 27.2 Å². The Labute approximate surface area is 308 Å². The SMILES string of the molecule is C[C@@]1(C(=O)[N-]c2ccc(Cl)cc2C(=N[C@H](Cc2csc3ccccc23)C(=O)O)c2ccccc2)CCCN1Cc1ccc(Cl)c(Cl)c1.[Ni]. The Morgan fingerprint density at radius 3 is 2.48 bits per heavy atom. The van der Waals surface area contributed by atoms with Gasteiger partial charge in [0, 0.05) is 44.7 Å². The summed E-state index contributed by atoms with van der Waals surface area (Å²) in [7, 11) is 0. The predicted octanol–water partition coefficient (Wildman–Crippen LogP) is 9.98. The van der Waals surface area contributed by atoms with Crippen molar-refractivity contribution in [2.45, 2.75) is 44.3 Å². The van der Waals surface area contributed by atoms with Crippen LogP contribution in [0.3, 0.4) is 0 Å². The number of hydrogen-bond acceptors (Lipinski definition) is 5. The summed E-state index contributed by atoms with van der Waals surface area (Å²) in [4.78, 5) is 33.8. The van der Waals surface area contributed by atoms with Crippen LogP contribution < -0.4 is 0 Å². The van der Waals surface area contributed by atoms with E-state index in [2.05, 4.69) is 10.2 Å². The number of aliphatic carboxylic acids is 1. The number of rotatable bonds is 10. The normalized spacial score (nSPS) is 17.2. The van der Waals surface area contributed by atoms with Crippen LogP contribution in [-0.4, -0.2) is 45.7 Å². The summed E-state index contributed by atoms with van der Waals surface area (Å²) < 4.78 is 1.09. The van der Waals surface area contributed by atoms with Crippen LogP contribution in [0, 0.1) is 0 Å². The van der Waals surface area contributed by atoms with E-state index >= 15 is 0 Å². The van der Waals surface area contributed by atoms with E-state index in [4.69, 9.17) is 39.8 Å². The number of thiophene rings is 1. The van der Waals surface area contributed by atoms with Crippen molar-refractivity contribution in [3.8, 4) is 0 Å².